The molecular weight excluding hydrogens is 283 g/mol. The monoisotopic (exact) mass is 299 g/mol. The van der Waals surface area contributed by atoms with E-state index in [1.54, 1.807) is 26.8 Å². The van der Waals surface area contributed by atoms with Crippen LogP contribution in [0.3, 0.4) is 0 Å². The van der Waals surface area contributed by atoms with E-state index < -0.39 is 29.1 Å². The molecule has 0 saturated heterocycles. The van der Waals surface area contributed by atoms with Gasteiger partial charge in [-0.25, -0.2) is 18.0 Å². The van der Waals surface area contributed by atoms with E-state index in [1.807, 2.05) is 0 Å². The third-order valence-corrected chi connectivity index (χ3v) is 2.93. The lowest BCUT2D eigenvalue weighted by Gasteiger charge is -2.24. The van der Waals surface area contributed by atoms with Crippen LogP contribution in [0.25, 0.3) is 5.57 Å². The fraction of sp³-hybridized carbons (Fsp3) is 0.400. The number of hydrogen-bond acceptors (Lipinski definition) is 2. The van der Waals surface area contributed by atoms with Gasteiger partial charge in [0, 0.05) is 13.1 Å². The van der Waals surface area contributed by atoms with E-state index in [2.05, 4.69) is 0 Å². The summed E-state index contributed by atoms with van der Waals surface area (Å²) in [5, 5.41) is 0. The number of amides is 1. The third-order valence-electron chi connectivity index (χ3n) is 2.93. The van der Waals surface area contributed by atoms with Crippen LogP contribution < -0.4 is 0 Å². The number of ether oxygens (including phenoxy) is 1. The normalized spacial score (nSPS) is 15.1. The van der Waals surface area contributed by atoms with Crippen LogP contribution in [-0.2, 0) is 4.74 Å². The molecule has 2 rings (SSSR count). The van der Waals surface area contributed by atoms with Crippen LogP contribution >= 0.6 is 0 Å². The van der Waals surface area contributed by atoms with Crippen molar-refractivity contribution >= 4 is 11.7 Å². The number of rotatable bonds is 1. The van der Waals surface area contributed by atoms with Gasteiger partial charge in [-0.3, -0.25) is 0 Å². The van der Waals surface area contributed by atoms with Gasteiger partial charge in [0.15, 0.2) is 17.5 Å². The van der Waals surface area contributed by atoms with Gasteiger partial charge in [-0.05, 0) is 44.0 Å². The van der Waals surface area contributed by atoms with Gasteiger partial charge in [-0.2, -0.15) is 0 Å². The number of hydrogen-bond donors (Lipinski definition) is 0. The van der Waals surface area contributed by atoms with Crippen molar-refractivity contribution in [2.24, 2.45) is 0 Å². The molecule has 0 spiro atoms. The van der Waals surface area contributed by atoms with Gasteiger partial charge in [-0.1, -0.05) is 6.08 Å². The molecule has 3 nitrogen and oxygen atoms in total. The summed E-state index contributed by atoms with van der Waals surface area (Å²) in [7, 11) is 0. The van der Waals surface area contributed by atoms with Crippen LogP contribution in [0.2, 0.25) is 0 Å². The first-order chi connectivity index (χ1) is 9.67. The molecule has 0 fully saturated rings. The van der Waals surface area contributed by atoms with Gasteiger partial charge >= 0.3 is 6.09 Å². The van der Waals surface area contributed by atoms with Crippen LogP contribution in [0.4, 0.5) is 18.0 Å². The molecule has 1 aromatic carbocycles. The highest BCUT2D eigenvalue weighted by Crippen LogP contribution is 2.25. The summed E-state index contributed by atoms with van der Waals surface area (Å²) in [4.78, 5) is 13.3. The first kappa shape index (κ1) is 15.4. The summed E-state index contributed by atoms with van der Waals surface area (Å²) in [6, 6.07) is 1.84. The van der Waals surface area contributed by atoms with Crippen molar-refractivity contribution in [1.82, 2.24) is 4.90 Å². The zero-order chi connectivity index (χ0) is 15.8. The third kappa shape index (κ3) is 3.56. The molecule has 0 saturated carbocycles. The van der Waals surface area contributed by atoms with Crippen LogP contribution in [0.15, 0.2) is 18.2 Å². The van der Waals surface area contributed by atoms with E-state index in [0.29, 0.717) is 5.57 Å². The average molecular weight is 299 g/mol. The molecule has 0 atom stereocenters. The summed E-state index contributed by atoms with van der Waals surface area (Å²) in [6.07, 6.45) is 1.16. The van der Waals surface area contributed by atoms with E-state index >= 15 is 0 Å². The van der Waals surface area contributed by atoms with Gasteiger partial charge in [0.25, 0.3) is 0 Å². The first-order valence-corrected chi connectivity index (χ1v) is 6.49. The molecule has 0 unspecified atom stereocenters. The zero-order valence-electron chi connectivity index (χ0n) is 12.0. The number of carbonyl (C=O) groups is 1. The average Bonchev–Trinajstić information content (AvgIpc) is 2.82. The van der Waals surface area contributed by atoms with Crippen molar-refractivity contribution in [2.45, 2.75) is 26.4 Å². The lowest BCUT2D eigenvalue weighted by Crippen LogP contribution is -2.35. The molecule has 0 N–H and O–H groups in total. The maximum Gasteiger partial charge on any atom is 0.410 e. The molecule has 114 valence electrons. The highest BCUT2D eigenvalue weighted by atomic mass is 19.2. The topological polar surface area (TPSA) is 29.5 Å². The number of halogens is 3. The van der Waals surface area contributed by atoms with E-state index in [0.717, 1.165) is 12.1 Å². The highest BCUT2D eigenvalue weighted by molar-refractivity contribution is 5.77. The van der Waals surface area contributed by atoms with E-state index in [4.69, 9.17) is 4.74 Å². The molecule has 1 amide bonds. The Morgan fingerprint density at radius 3 is 2.29 bits per heavy atom. The molecule has 1 aliphatic rings. The van der Waals surface area contributed by atoms with Crippen molar-refractivity contribution in [2.75, 3.05) is 13.1 Å². The van der Waals surface area contributed by atoms with Gasteiger partial charge in [-0.15, -0.1) is 0 Å². The Balaban J connectivity index is 2.11. The second-order valence-corrected chi connectivity index (χ2v) is 5.84. The van der Waals surface area contributed by atoms with E-state index in [1.165, 1.54) is 4.90 Å². The maximum absolute atomic E-state index is 13.2. The Morgan fingerprint density at radius 2 is 1.76 bits per heavy atom. The molecule has 21 heavy (non-hydrogen) atoms. The lowest BCUT2D eigenvalue weighted by molar-refractivity contribution is 0.0306. The van der Waals surface area contributed by atoms with Crippen LogP contribution in [0, 0.1) is 17.5 Å². The highest BCUT2D eigenvalue weighted by Gasteiger charge is 2.26. The van der Waals surface area contributed by atoms with E-state index in [9.17, 15) is 18.0 Å². The molecule has 0 bridgehead atoms. The first-order valence-electron chi connectivity index (χ1n) is 6.49. The summed E-state index contributed by atoms with van der Waals surface area (Å²) in [6.45, 7) is 5.70. The minimum absolute atomic E-state index is 0.166. The molecule has 1 aromatic rings. The van der Waals surface area contributed by atoms with Crippen LogP contribution in [-0.4, -0.2) is 29.7 Å². The van der Waals surface area contributed by atoms with Crippen molar-refractivity contribution < 1.29 is 22.7 Å². The van der Waals surface area contributed by atoms with Crippen molar-refractivity contribution in [3.63, 3.8) is 0 Å². The summed E-state index contributed by atoms with van der Waals surface area (Å²) in [5.74, 6) is -4.00. The quantitative estimate of drug-likeness (QED) is 0.739. The van der Waals surface area contributed by atoms with Crippen LogP contribution in [0.1, 0.15) is 26.3 Å². The van der Waals surface area contributed by atoms with Gasteiger partial charge in [0.2, 0.25) is 0 Å². The molecule has 1 heterocycles. The number of benzene rings is 1. The molecular formula is C15H16F3NO2. The minimum atomic E-state index is -1.50. The zero-order valence-corrected chi connectivity index (χ0v) is 12.0. The molecule has 6 heteroatoms. The molecule has 1 aliphatic heterocycles. The summed E-state index contributed by atoms with van der Waals surface area (Å²) >= 11 is 0. The smallest absolute Gasteiger partial charge is 0.410 e. The van der Waals surface area contributed by atoms with Gasteiger partial charge in [0.1, 0.15) is 5.60 Å². The molecule has 0 radical (unpaired) electrons. The second-order valence-electron chi connectivity index (χ2n) is 5.84. The van der Waals surface area contributed by atoms with Crippen molar-refractivity contribution in [3.8, 4) is 0 Å². The Hall–Kier alpha value is -1.98. The molecule has 0 aliphatic carbocycles. The Kier molecular flexibility index (Phi) is 3.98. The minimum Gasteiger partial charge on any atom is -0.444 e. The summed E-state index contributed by atoms with van der Waals surface area (Å²) < 4.78 is 44.6. The van der Waals surface area contributed by atoms with E-state index in [-0.39, 0.29) is 18.7 Å². The van der Waals surface area contributed by atoms with Gasteiger partial charge < -0.3 is 9.64 Å². The standard InChI is InChI=1S/C15H16F3NO2/c1-15(2,3)21-14(20)19-5-4-9(8-19)10-6-11(16)13(18)12(17)7-10/h4,6-7H,5,8H2,1-3H3. The summed E-state index contributed by atoms with van der Waals surface area (Å²) in [5.41, 5.74) is 0.157. The second kappa shape index (κ2) is 5.42. The Labute approximate surface area is 121 Å². The van der Waals surface area contributed by atoms with Gasteiger partial charge in [0.05, 0.1) is 0 Å². The Morgan fingerprint density at radius 1 is 1.19 bits per heavy atom. The largest absolute Gasteiger partial charge is 0.444 e. The lowest BCUT2D eigenvalue weighted by atomic mass is 10.1. The predicted octanol–water partition coefficient (Wildman–Crippen LogP) is 3.74. The van der Waals surface area contributed by atoms with Crippen LogP contribution in [0.5, 0.6) is 0 Å². The Bertz CT molecular complexity index is 582. The predicted molar refractivity (Wildman–Crippen MR) is 72.1 cm³/mol. The van der Waals surface area contributed by atoms with Crippen molar-refractivity contribution in [1.29, 1.82) is 0 Å². The SMILES string of the molecule is CC(C)(C)OC(=O)N1CC=C(c2cc(F)c(F)c(F)c2)C1. The fourth-order valence-electron chi connectivity index (χ4n) is 1.97. The molecule has 0 aromatic heterocycles. The van der Waals surface area contributed by atoms with Crippen molar-refractivity contribution in [3.05, 3.63) is 41.2 Å². The maximum atomic E-state index is 13.2. The number of carbonyl (C=O) groups excluding carboxylic acids is 1. The fourth-order valence-corrected chi connectivity index (χ4v) is 1.97. The number of nitrogens with zero attached hydrogens (tertiary/aromatic N) is 1.